The highest BCUT2D eigenvalue weighted by Gasteiger charge is 2.50. The van der Waals surface area contributed by atoms with Crippen LogP contribution >= 0.6 is 23.2 Å². The first-order valence-corrected chi connectivity index (χ1v) is 11.0. The minimum Gasteiger partial charge on any atom is -0.321 e. The first-order valence-electron chi connectivity index (χ1n) is 8.68. The van der Waals surface area contributed by atoms with E-state index in [1.165, 1.54) is 26.0 Å². The maximum Gasteiger partial charge on any atom is 0.416 e. The molecule has 0 saturated carbocycles. The molecular weight excluding hydrogens is 480 g/mol. The van der Waals surface area contributed by atoms with E-state index in [2.05, 4.69) is 5.32 Å². The maximum absolute atomic E-state index is 12.9. The number of hydrogen-bond donors (Lipinski definition) is 1. The molecule has 0 aliphatic carbocycles. The van der Waals surface area contributed by atoms with Crippen molar-refractivity contribution in [2.45, 2.75) is 20.0 Å². The van der Waals surface area contributed by atoms with Crippen molar-refractivity contribution < 1.29 is 31.2 Å². The Morgan fingerprint density at radius 1 is 1.10 bits per heavy atom. The Morgan fingerprint density at radius 3 is 2.26 bits per heavy atom. The number of anilines is 2. The van der Waals surface area contributed by atoms with Gasteiger partial charge < -0.3 is 5.32 Å². The summed E-state index contributed by atoms with van der Waals surface area (Å²) in [7, 11) is -4.03. The Kier molecular flexibility index (Phi) is 5.79. The molecule has 1 heterocycles. The summed E-state index contributed by atoms with van der Waals surface area (Å²) in [4.78, 5) is 25.2. The average molecular weight is 495 g/mol. The standard InChI is InChI=1S/C19H15Cl2F3N2O4S/c1-18(2)9-31(29,30)26(17(18)28)15-7-10(3-5-13(15)21)16(27)25-14-8-11(19(22,23)24)4-6-12(14)20/h3-8H,9H2,1-2H3,(H,25,27). The topological polar surface area (TPSA) is 83.6 Å². The van der Waals surface area contributed by atoms with Crippen LogP contribution in [-0.2, 0) is 21.0 Å². The van der Waals surface area contributed by atoms with Crippen LogP contribution in [0.4, 0.5) is 24.5 Å². The summed E-state index contributed by atoms with van der Waals surface area (Å²) >= 11 is 12.0. The highest BCUT2D eigenvalue weighted by atomic mass is 35.5. The molecular formula is C19H15Cl2F3N2O4S. The first-order chi connectivity index (χ1) is 14.1. The van der Waals surface area contributed by atoms with E-state index in [0.29, 0.717) is 10.4 Å². The molecule has 1 N–H and O–H groups in total. The van der Waals surface area contributed by atoms with Gasteiger partial charge in [0.2, 0.25) is 15.9 Å². The van der Waals surface area contributed by atoms with Crippen LogP contribution in [0.15, 0.2) is 36.4 Å². The number of alkyl halides is 3. The molecule has 6 nitrogen and oxygen atoms in total. The van der Waals surface area contributed by atoms with Gasteiger partial charge in [0, 0.05) is 5.56 Å². The first kappa shape index (κ1) is 23.4. The van der Waals surface area contributed by atoms with Crippen molar-refractivity contribution in [2.24, 2.45) is 5.41 Å². The number of benzene rings is 2. The second-order valence-corrected chi connectivity index (χ2v) is 10.2. The quantitative estimate of drug-likeness (QED) is 0.652. The fourth-order valence-electron chi connectivity index (χ4n) is 3.04. The molecule has 1 aliphatic heterocycles. The predicted octanol–water partition coefficient (Wildman–Crippen LogP) is 4.97. The molecule has 2 aromatic carbocycles. The van der Waals surface area contributed by atoms with E-state index in [-0.39, 0.29) is 27.0 Å². The van der Waals surface area contributed by atoms with Crippen LogP contribution in [0.3, 0.4) is 0 Å². The van der Waals surface area contributed by atoms with Crippen molar-refractivity contribution in [1.82, 2.24) is 0 Å². The van der Waals surface area contributed by atoms with E-state index in [1.807, 2.05) is 0 Å². The lowest BCUT2D eigenvalue weighted by Gasteiger charge is -2.19. The van der Waals surface area contributed by atoms with Gasteiger partial charge in [-0.25, -0.2) is 12.7 Å². The molecule has 166 valence electrons. The van der Waals surface area contributed by atoms with E-state index in [1.54, 1.807) is 0 Å². The molecule has 0 unspecified atom stereocenters. The van der Waals surface area contributed by atoms with Crippen LogP contribution in [-0.4, -0.2) is 26.0 Å². The highest BCUT2D eigenvalue weighted by Crippen LogP contribution is 2.39. The third kappa shape index (κ3) is 4.51. The number of rotatable bonds is 3. The van der Waals surface area contributed by atoms with Gasteiger partial charge >= 0.3 is 6.18 Å². The van der Waals surface area contributed by atoms with Crippen molar-refractivity contribution in [3.05, 3.63) is 57.6 Å². The van der Waals surface area contributed by atoms with Gasteiger partial charge in [0.25, 0.3) is 5.91 Å². The van der Waals surface area contributed by atoms with Crippen molar-refractivity contribution in [3.63, 3.8) is 0 Å². The van der Waals surface area contributed by atoms with Gasteiger partial charge in [-0.3, -0.25) is 9.59 Å². The Labute approximate surface area is 186 Å². The fourth-order valence-corrected chi connectivity index (χ4v) is 5.58. The van der Waals surface area contributed by atoms with E-state index in [0.717, 1.165) is 18.2 Å². The molecule has 1 aliphatic rings. The lowest BCUT2D eigenvalue weighted by molar-refractivity contribution is -0.137. The SMILES string of the molecule is CC1(C)CS(=O)(=O)N(c2cc(C(=O)Nc3cc(C(F)(F)F)ccc3Cl)ccc2Cl)C1=O. The second kappa shape index (κ2) is 7.68. The number of carbonyl (C=O) groups excluding carboxylic acids is 2. The van der Waals surface area contributed by atoms with E-state index >= 15 is 0 Å². The van der Waals surface area contributed by atoms with Crippen LogP contribution in [0.2, 0.25) is 10.0 Å². The second-order valence-electron chi connectivity index (χ2n) is 7.52. The summed E-state index contributed by atoms with van der Waals surface area (Å²) in [5, 5.41) is 2.03. The smallest absolute Gasteiger partial charge is 0.321 e. The van der Waals surface area contributed by atoms with Crippen LogP contribution in [0.25, 0.3) is 0 Å². The van der Waals surface area contributed by atoms with Gasteiger partial charge in [0.15, 0.2) is 0 Å². The van der Waals surface area contributed by atoms with Crippen molar-refractivity contribution >= 4 is 56.4 Å². The van der Waals surface area contributed by atoms with E-state index in [9.17, 15) is 31.2 Å². The lowest BCUT2D eigenvalue weighted by Crippen LogP contribution is -2.33. The zero-order valence-electron chi connectivity index (χ0n) is 16.0. The van der Waals surface area contributed by atoms with E-state index < -0.39 is 44.7 Å². The Bertz CT molecular complexity index is 1200. The largest absolute Gasteiger partial charge is 0.416 e. The summed E-state index contributed by atoms with van der Waals surface area (Å²) in [5.41, 5.74) is -2.85. The average Bonchev–Trinajstić information content (AvgIpc) is 2.79. The molecule has 0 spiro atoms. The fraction of sp³-hybridized carbons (Fsp3) is 0.263. The zero-order valence-corrected chi connectivity index (χ0v) is 18.4. The third-order valence-corrected chi connectivity index (χ3v) is 7.21. The minimum absolute atomic E-state index is 0.0942. The minimum atomic E-state index is -4.64. The molecule has 3 rings (SSSR count). The molecule has 1 saturated heterocycles. The normalized spacial score (nSPS) is 17.6. The number of halogens is 5. The third-order valence-electron chi connectivity index (χ3n) is 4.55. The molecule has 0 atom stereocenters. The summed E-state index contributed by atoms with van der Waals surface area (Å²) in [6.45, 7) is 2.93. The monoisotopic (exact) mass is 494 g/mol. The van der Waals surface area contributed by atoms with Crippen molar-refractivity contribution in [2.75, 3.05) is 15.4 Å². The van der Waals surface area contributed by atoms with Crippen molar-refractivity contribution in [3.8, 4) is 0 Å². The number of hydrogen-bond acceptors (Lipinski definition) is 4. The van der Waals surface area contributed by atoms with Gasteiger partial charge in [-0.05, 0) is 50.2 Å². The zero-order chi connectivity index (χ0) is 23.4. The number of amides is 2. The van der Waals surface area contributed by atoms with Gasteiger partial charge in [0.1, 0.15) is 0 Å². The molecule has 0 bridgehead atoms. The molecule has 2 aromatic rings. The van der Waals surface area contributed by atoms with Gasteiger partial charge in [-0.1, -0.05) is 23.2 Å². The molecule has 1 fully saturated rings. The number of sulfonamides is 1. The van der Waals surface area contributed by atoms with Crippen molar-refractivity contribution in [1.29, 1.82) is 0 Å². The molecule has 31 heavy (non-hydrogen) atoms. The number of carbonyl (C=O) groups is 2. The maximum atomic E-state index is 12.9. The number of nitrogens with one attached hydrogen (secondary N) is 1. The molecule has 0 aromatic heterocycles. The van der Waals surface area contributed by atoms with Crippen LogP contribution in [0.5, 0.6) is 0 Å². The molecule has 0 radical (unpaired) electrons. The Morgan fingerprint density at radius 2 is 1.71 bits per heavy atom. The number of nitrogens with zero attached hydrogens (tertiary/aromatic N) is 1. The van der Waals surface area contributed by atoms with Gasteiger partial charge in [-0.15, -0.1) is 0 Å². The van der Waals surface area contributed by atoms with E-state index in [4.69, 9.17) is 23.2 Å². The van der Waals surface area contributed by atoms with Crippen LogP contribution in [0.1, 0.15) is 29.8 Å². The molecule has 12 heteroatoms. The summed E-state index contributed by atoms with van der Waals surface area (Å²) in [6.07, 6.45) is -4.64. The summed E-state index contributed by atoms with van der Waals surface area (Å²) in [5.74, 6) is -2.03. The Hall–Kier alpha value is -2.30. The van der Waals surface area contributed by atoms with Gasteiger partial charge in [-0.2, -0.15) is 13.2 Å². The Balaban J connectivity index is 1.98. The van der Waals surface area contributed by atoms with Crippen LogP contribution < -0.4 is 9.62 Å². The molecule has 2 amide bonds. The summed E-state index contributed by atoms with van der Waals surface area (Å²) < 4.78 is 64.4. The van der Waals surface area contributed by atoms with Gasteiger partial charge in [0.05, 0.1) is 38.2 Å². The summed E-state index contributed by atoms with van der Waals surface area (Å²) in [6, 6.07) is 5.97. The highest BCUT2D eigenvalue weighted by molar-refractivity contribution is 7.94. The lowest BCUT2D eigenvalue weighted by atomic mass is 9.95. The predicted molar refractivity (Wildman–Crippen MR) is 111 cm³/mol. The van der Waals surface area contributed by atoms with Crippen LogP contribution in [0, 0.1) is 5.41 Å².